The van der Waals surface area contributed by atoms with Gasteiger partial charge in [-0.15, -0.1) is 5.10 Å². The lowest BCUT2D eigenvalue weighted by Crippen LogP contribution is -2.43. The molecule has 0 radical (unpaired) electrons. The van der Waals surface area contributed by atoms with Crippen molar-refractivity contribution in [2.24, 2.45) is 5.92 Å². The Balaban J connectivity index is 1.96. The number of piperidine rings is 1. The molecule has 0 saturated carbocycles. The van der Waals surface area contributed by atoms with E-state index in [1.807, 2.05) is 16.9 Å². The first-order valence-electron chi connectivity index (χ1n) is 6.51. The topological polar surface area (TPSA) is 39.1 Å². The Morgan fingerprint density at radius 3 is 2.82 bits per heavy atom. The zero-order chi connectivity index (χ0) is 12.3. The van der Waals surface area contributed by atoms with E-state index in [1.165, 1.54) is 0 Å². The molecule has 0 amide bonds. The Labute approximate surface area is 103 Å². The molecule has 1 aliphatic rings. The average Bonchev–Trinajstić information content (AvgIpc) is 2.64. The van der Waals surface area contributed by atoms with Gasteiger partial charge in [-0.25, -0.2) is 0 Å². The van der Waals surface area contributed by atoms with Crippen LogP contribution in [0.25, 0.3) is 0 Å². The third kappa shape index (κ3) is 3.46. The van der Waals surface area contributed by atoms with E-state index in [0.29, 0.717) is 5.92 Å². The number of nitrogens with zero attached hydrogens (tertiary/aromatic N) is 2. The van der Waals surface area contributed by atoms with Gasteiger partial charge in [0.15, 0.2) is 0 Å². The fraction of sp³-hybridized carbons (Fsp3) is 0.769. The molecule has 1 N–H and O–H groups in total. The molecule has 4 heteroatoms. The SMILES string of the molecule is CC(C)Cn1ccc(OC2(C)CCNCC2)n1. The number of hydrogen-bond acceptors (Lipinski definition) is 3. The largest absolute Gasteiger partial charge is 0.470 e. The molecule has 2 rings (SSSR count). The minimum Gasteiger partial charge on any atom is -0.470 e. The Morgan fingerprint density at radius 1 is 1.47 bits per heavy atom. The third-order valence-corrected chi connectivity index (χ3v) is 3.18. The smallest absolute Gasteiger partial charge is 0.233 e. The summed E-state index contributed by atoms with van der Waals surface area (Å²) in [6.45, 7) is 9.57. The first kappa shape index (κ1) is 12.4. The number of aromatic nitrogens is 2. The number of nitrogens with one attached hydrogen (secondary N) is 1. The minimum atomic E-state index is -0.0533. The Morgan fingerprint density at radius 2 is 2.18 bits per heavy atom. The van der Waals surface area contributed by atoms with E-state index in [4.69, 9.17) is 4.74 Å². The maximum Gasteiger partial charge on any atom is 0.233 e. The molecule has 96 valence electrons. The Kier molecular flexibility index (Phi) is 3.72. The van der Waals surface area contributed by atoms with Crippen molar-refractivity contribution in [3.05, 3.63) is 12.3 Å². The van der Waals surface area contributed by atoms with Crippen LogP contribution in [0.3, 0.4) is 0 Å². The van der Waals surface area contributed by atoms with E-state index >= 15 is 0 Å². The summed E-state index contributed by atoms with van der Waals surface area (Å²) in [5.74, 6) is 1.37. The third-order valence-electron chi connectivity index (χ3n) is 3.18. The van der Waals surface area contributed by atoms with Crippen molar-refractivity contribution in [2.75, 3.05) is 13.1 Å². The molecule has 0 aliphatic carbocycles. The van der Waals surface area contributed by atoms with E-state index in [0.717, 1.165) is 38.4 Å². The predicted octanol–water partition coefficient (Wildman–Crippen LogP) is 2.06. The van der Waals surface area contributed by atoms with Crippen LogP contribution in [0.1, 0.15) is 33.6 Å². The van der Waals surface area contributed by atoms with Gasteiger partial charge in [0.25, 0.3) is 0 Å². The summed E-state index contributed by atoms with van der Waals surface area (Å²) in [7, 11) is 0. The monoisotopic (exact) mass is 237 g/mol. The molecular weight excluding hydrogens is 214 g/mol. The summed E-state index contributed by atoms with van der Waals surface area (Å²) >= 11 is 0. The highest BCUT2D eigenvalue weighted by Gasteiger charge is 2.29. The van der Waals surface area contributed by atoms with E-state index in [9.17, 15) is 0 Å². The molecular formula is C13H23N3O. The van der Waals surface area contributed by atoms with Gasteiger partial charge >= 0.3 is 0 Å². The summed E-state index contributed by atoms with van der Waals surface area (Å²) in [4.78, 5) is 0. The van der Waals surface area contributed by atoms with Crippen molar-refractivity contribution in [3.8, 4) is 5.88 Å². The summed E-state index contributed by atoms with van der Waals surface area (Å²) < 4.78 is 8.00. The minimum absolute atomic E-state index is 0.0533. The fourth-order valence-electron chi connectivity index (χ4n) is 2.18. The van der Waals surface area contributed by atoms with Crippen LogP contribution < -0.4 is 10.1 Å². The maximum atomic E-state index is 6.03. The van der Waals surface area contributed by atoms with Crippen molar-refractivity contribution in [1.82, 2.24) is 15.1 Å². The molecule has 1 aromatic heterocycles. The average molecular weight is 237 g/mol. The van der Waals surface area contributed by atoms with Gasteiger partial charge in [-0.3, -0.25) is 4.68 Å². The Hall–Kier alpha value is -1.03. The predicted molar refractivity (Wildman–Crippen MR) is 68.2 cm³/mol. The van der Waals surface area contributed by atoms with Crippen LogP contribution in [0.15, 0.2) is 12.3 Å². The normalized spacial score (nSPS) is 19.5. The van der Waals surface area contributed by atoms with Gasteiger partial charge in [0.1, 0.15) is 5.60 Å². The van der Waals surface area contributed by atoms with Gasteiger partial charge in [0.2, 0.25) is 5.88 Å². The zero-order valence-electron chi connectivity index (χ0n) is 11.1. The van der Waals surface area contributed by atoms with Crippen LogP contribution in [0.2, 0.25) is 0 Å². The molecule has 2 heterocycles. The van der Waals surface area contributed by atoms with Crippen LogP contribution in [-0.4, -0.2) is 28.5 Å². The molecule has 4 nitrogen and oxygen atoms in total. The summed E-state index contributed by atoms with van der Waals surface area (Å²) in [5, 5.41) is 7.82. The second-order valence-corrected chi connectivity index (χ2v) is 5.57. The zero-order valence-corrected chi connectivity index (χ0v) is 11.1. The van der Waals surface area contributed by atoms with Gasteiger partial charge in [-0.05, 0) is 38.8 Å². The van der Waals surface area contributed by atoms with Crippen LogP contribution >= 0.6 is 0 Å². The second kappa shape index (κ2) is 5.08. The first-order chi connectivity index (χ1) is 8.07. The lowest BCUT2D eigenvalue weighted by Gasteiger charge is -2.33. The van der Waals surface area contributed by atoms with Crippen molar-refractivity contribution in [1.29, 1.82) is 0 Å². The molecule has 0 atom stereocenters. The highest BCUT2D eigenvalue weighted by atomic mass is 16.5. The molecule has 0 spiro atoms. The van der Waals surface area contributed by atoms with Gasteiger partial charge < -0.3 is 10.1 Å². The maximum absolute atomic E-state index is 6.03. The second-order valence-electron chi connectivity index (χ2n) is 5.57. The highest BCUT2D eigenvalue weighted by Crippen LogP contribution is 2.24. The number of rotatable bonds is 4. The van der Waals surface area contributed by atoms with Crippen molar-refractivity contribution >= 4 is 0 Å². The fourth-order valence-corrected chi connectivity index (χ4v) is 2.18. The molecule has 0 bridgehead atoms. The Bertz CT molecular complexity index is 353. The van der Waals surface area contributed by atoms with Crippen molar-refractivity contribution < 1.29 is 4.74 Å². The van der Waals surface area contributed by atoms with Gasteiger partial charge in [0, 0.05) is 18.8 Å². The number of hydrogen-bond donors (Lipinski definition) is 1. The summed E-state index contributed by atoms with van der Waals surface area (Å²) in [6, 6.07) is 1.97. The molecule has 0 unspecified atom stereocenters. The van der Waals surface area contributed by atoms with Crippen LogP contribution in [0.4, 0.5) is 0 Å². The standard InChI is InChI=1S/C13H23N3O/c1-11(2)10-16-9-4-12(15-16)17-13(3)5-7-14-8-6-13/h4,9,11,14H,5-8,10H2,1-3H3. The molecule has 0 aromatic carbocycles. The van der Waals surface area contributed by atoms with E-state index < -0.39 is 0 Å². The summed E-state index contributed by atoms with van der Waals surface area (Å²) in [6.07, 6.45) is 4.09. The lowest BCUT2D eigenvalue weighted by atomic mass is 9.95. The van der Waals surface area contributed by atoms with Gasteiger partial charge in [-0.2, -0.15) is 0 Å². The van der Waals surface area contributed by atoms with E-state index in [2.05, 4.69) is 31.2 Å². The quantitative estimate of drug-likeness (QED) is 0.871. The van der Waals surface area contributed by atoms with Crippen LogP contribution in [0.5, 0.6) is 5.88 Å². The first-order valence-corrected chi connectivity index (χ1v) is 6.51. The molecule has 1 aliphatic heterocycles. The van der Waals surface area contributed by atoms with Crippen molar-refractivity contribution in [2.45, 2.75) is 45.8 Å². The van der Waals surface area contributed by atoms with Crippen LogP contribution in [0, 0.1) is 5.92 Å². The molecule has 17 heavy (non-hydrogen) atoms. The molecule has 1 aromatic rings. The lowest BCUT2D eigenvalue weighted by molar-refractivity contribution is 0.0500. The molecule has 1 fully saturated rings. The van der Waals surface area contributed by atoms with Gasteiger partial charge in [-0.1, -0.05) is 13.8 Å². The highest BCUT2D eigenvalue weighted by molar-refractivity contribution is 5.08. The van der Waals surface area contributed by atoms with Gasteiger partial charge in [0.05, 0.1) is 0 Å². The molecule has 1 saturated heterocycles. The van der Waals surface area contributed by atoms with Crippen molar-refractivity contribution in [3.63, 3.8) is 0 Å². The van der Waals surface area contributed by atoms with E-state index in [1.54, 1.807) is 0 Å². The summed E-state index contributed by atoms with van der Waals surface area (Å²) in [5.41, 5.74) is -0.0533. The van der Waals surface area contributed by atoms with Crippen LogP contribution in [-0.2, 0) is 6.54 Å². The van der Waals surface area contributed by atoms with E-state index in [-0.39, 0.29) is 5.60 Å². The number of ether oxygens (including phenoxy) is 1.